The second kappa shape index (κ2) is 5.84. The molecule has 2 aromatic rings. The minimum absolute atomic E-state index is 0.289. The van der Waals surface area contributed by atoms with Crippen LogP contribution < -0.4 is 5.69 Å². The first-order valence-corrected chi connectivity index (χ1v) is 6.70. The number of nitrogens with zero attached hydrogens (tertiary/aromatic N) is 2. The Morgan fingerprint density at radius 3 is 2.89 bits per heavy atom. The maximum atomic E-state index is 13.2. The van der Waals surface area contributed by atoms with Crippen molar-refractivity contribution >= 4 is 11.8 Å². The van der Waals surface area contributed by atoms with Crippen LogP contribution in [-0.2, 0) is 0 Å². The van der Waals surface area contributed by atoms with Crippen molar-refractivity contribution in [3.63, 3.8) is 0 Å². The van der Waals surface area contributed by atoms with Gasteiger partial charge in [0.15, 0.2) is 0 Å². The largest absolute Gasteiger partial charge is 0.353 e. The lowest BCUT2D eigenvalue weighted by Crippen LogP contribution is -2.21. The molecule has 3 nitrogen and oxygen atoms in total. The quantitative estimate of drug-likeness (QED) is 0.489. The molecule has 0 saturated carbocycles. The lowest BCUT2D eigenvalue weighted by atomic mass is 10.2. The fourth-order valence-corrected chi connectivity index (χ4v) is 2.18. The van der Waals surface area contributed by atoms with E-state index in [1.54, 1.807) is 37.4 Å². The molecule has 0 bridgehead atoms. The third kappa shape index (κ3) is 3.12. The molecule has 0 aliphatic carbocycles. The van der Waals surface area contributed by atoms with Crippen LogP contribution in [-0.4, -0.2) is 15.3 Å². The summed E-state index contributed by atoms with van der Waals surface area (Å²) in [5.41, 5.74) is 0.728. The minimum atomic E-state index is -0.375. The second-order valence-electron chi connectivity index (χ2n) is 3.95. The summed E-state index contributed by atoms with van der Waals surface area (Å²) < 4.78 is 14.6. The van der Waals surface area contributed by atoms with Gasteiger partial charge in [0.25, 0.3) is 0 Å². The molecule has 0 aliphatic rings. The molecule has 0 atom stereocenters. The number of hydrogen-bond acceptors (Lipinski definition) is 3. The van der Waals surface area contributed by atoms with E-state index in [1.165, 1.54) is 22.4 Å². The molecule has 0 N–H and O–H groups in total. The van der Waals surface area contributed by atoms with E-state index in [2.05, 4.69) is 11.6 Å². The first-order valence-electron chi connectivity index (χ1n) is 5.72. The van der Waals surface area contributed by atoms with Crippen molar-refractivity contribution in [2.45, 2.75) is 11.9 Å². The predicted octanol–water partition coefficient (Wildman–Crippen LogP) is 2.96. The minimum Gasteiger partial charge on any atom is -0.268 e. The first kappa shape index (κ1) is 13.5. The van der Waals surface area contributed by atoms with Crippen LogP contribution in [0.15, 0.2) is 52.9 Å². The van der Waals surface area contributed by atoms with E-state index < -0.39 is 0 Å². The third-order valence-electron chi connectivity index (χ3n) is 2.55. The van der Waals surface area contributed by atoms with Crippen molar-refractivity contribution in [3.8, 4) is 5.69 Å². The first-order chi connectivity index (χ1) is 9.11. The summed E-state index contributed by atoms with van der Waals surface area (Å²) >= 11 is 1.44. The second-order valence-corrected chi connectivity index (χ2v) is 4.99. The monoisotopic (exact) mass is 276 g/mol. The average Bonchev–Trinajstić information content (AvgIpc) is 2.40. The zero-order valence-electron chi connectivity index (χ0n) is 10.5. The Hall–Kier alpha value is -1.88. The molecule has 5 heteroatoms. The van der Waals surface area contributed by atoms with E-state index in [1.807, 2.05) is 0 Å². The van der Waals surface area contributed by atoms with Gasteiger partial charge in [0.05, 0.1) is 5.69 Å². The van der Waals surface area contributed by atoms with Crippen LogP contribution in [0.5, 0.6) is 0 Å². The molecule has 1 aromatic carbocycles. The van der Waals surface area contributed by atoms with Crippen LogP contribution in [0.25, 0.3) is 5.69 Å². The van der Waals surface area contributed by atoms with Gasteiger partial charge in [-0.15, -0.1) is 18.3 Å². The Bertz CT molecular complexity index is 667. The highest BCUT2D eigenvalue weighted by molar-refractivity contribution is 7.99. The van der Waals surface area contributed by atoms with Crippen molar-refractivity contribution in [2.24, 2.45) is 0 Å². The molecule has 0 saturated heterocycles. The van der Waals surface area contributed by atoms with Gasteiger partial charge in [0.2, 0.25) is 0 Å². The van der Waals surface area contributed by atoms with Crippen molar-refractivity contribution in [3.05, 3.63) is 65.0 Å². The van der Waals surface area contributed by atoms with Gasteiger partial charge in [-0.1, -0.05) is 6.08 Å². The molecule has 0 unspecified atom stereocenters. The van der Waals surface area contributed by atoms with Gasteiger partial charge in [0, 0.05) is 11.9 Å². The van der Waals surface area contributed by atoms with Gasteiger partial charge in [-0.2, -0.15) is 4.98 Å². The van der Waals surface area contributed by atoms with Crippen LogP contribution in [0.2, 0.25) is 0 Å². The smallest absolute Gasteiger partial charge is 0.268 e. The van der Waals surface area contributed by atoms with Gasteiger partial charge in [-0.25, -0.2) is 9.18 Å². The number of aromatic nitrogens is 2. The molecule has 0 amide bonds. The Kier molecular flexibility index (Phi) is 4.16. The SMILES string of the molecule is C=CCSc1ccn(-c2ccc(F)c(C)c2)c(=O)n1. The Morgan fingerprint density at radius 2 is 2.26 bits per heavy atom. The number of aryl methyl sites for hydroxylation is 1. The molecule has 98 valence electrons. The molecule has 0 spiro atoms. The maximum absolute atomic E-state index is 13.2. The van der Waals surface area contributed by atoms with E-state index in [4.69, 9.17) is 0 Å². The van der Waals surface area contributed by atoms with Gasteiger partial charge in [0.1, 0.15) is 10.8 Å². The lowest BCUT2D eigenvalue weighted by Gasteiger charge is -2.07. The summed E-state index contributed by atoms with van der Waals surface area (Å²) in [4.78, 5) is 15.9. The molecule has 0 fully saturated rings. The molecule has 19 heavy (non-hydrogen) atoms. The van der Waals surface area contributed by atoms with E-state index in [0.29, 0.717) is 22.0 Å². The van der Waals surface area contributed by atoms with Crippen LogP contribution in [0.4, 0.5) is 4.39 Å². The zero-order valence-corrected chi connectivity index (χ0v) is 11.3. The van der Waals surface area contributed by atoms with Crippen LogP contribution in [0.1, 0.15) is 5.56 Å². The average molecular weight is 276 g/mol. The molecule has 2 rings (SSSR count). The molecule has 0 radical (unpaired) electrons. The highest BCUT2D eigenvalue weighted by Crippen LogP contribution is 2.15. The summed E-state index contributed by atoms with van der Waals surface area (Å²) in [7, 11) is 0. The van der Waals surface area contributed by atoms with Gasteiger partial charge >= 0.3 is 5.69 Å². The molecular formula is C14H13FN2OS. The molecule has 1 heterocycles. The van der Waals surface area contributed by atoms with E-state index in [9.17, 15) is 9.18 Å². The van der Waals surface area contributed by atoms with Gasteiger partial charge < -0.3 is 0 Å². The van der Waals surface area contributed by atoms with Crippen molar-refractivity contribution < 1.29 is 4.39 Å². The van der Waals surface area contributed by atoms with Crippen LogP contribution >= 0.6 is 11.8 Å². The van der Waals surface area contributed by atoms with Crippen molar-refractivity contribution in [2.75, 3.05) is 5.75 Å². The zero-order chi connectivity index (χ0) is 13.8. The summed E-state index contributed by atoms with van der Waals surface area (Å²) in [6.07, 6.45) is 3.40. The lowest BCUT2D eigenvalue weighted by molar-refractivity contribution is 0.617. The van der Waals surface area contributed by atoms with Crippen molar-refractivity contribution in [1.29, 1.82) is 0 Å². The summed E-state index contributed by atoms with van der Waals surface area (Å²) in [5.74, 6) is 0.412. The van der Waals surface area contributed by atoms with Crippen LogP contribution in [0, 0.1) is 12.7 Å². The van der Waals surface area contributed by atoms with E-state index >= 15 is 0 Å². The third-order valence-corrected chi connectivity index (χ3v) is 3.47. The Balaban J connectivity index is 2.37. The predicted molar refractivity (Wildman–Crippen MR) is 75.5 cm³/mol. The topological polar surface area (TPSA) is 34.9 Å². The highest BCUT2D eigenvalue weighted by Gasteiger charge is 2.05. The molecule has 1 aromatic heterocycles. The Labute approximate surface area is 114 Å². The van der Waals surface area contributed by atoms with Crippen LogP contribution in [0.3, 0.4) is 0 Å². The number of halogens is 1. The molecule has 0 aliphatic heterocycles. The van der Waals surface area contributed by atoms with Crippen molar-refractivity contribution in [1.82, 2.24) is 9.55 Å². The number of hydrogen-bond donors (Lipinski definition) is 0. The summed E-state index contributed by atoms with van der Waals surface area (Å²) in [6, 6.07) is 6.28. The fraction of sp³-hybridized carbons (Fsp3) is 0.143. The summed E-state index contributed by atoms with van der Waals surface area (Å²) in [6.45, 7) is 5.27. The summed E-state index contributed by atoms with van der Waals surface area (Å²) in [5, 5.41) is 0.653. The Morgan fingerprint density at radius 1 is 1.47 bits per heavy atom. The number of rotatable bonds is 4. The van der Waals surface area contributed by atoms with Gasteiger partial charge in [-0.3, -0.25) is 4.57 Å². The number of benzene rings is 1. The highest BCUT2D eigenvalue weighted by atomic mass is 32.2. The van der Waals surface area contributed by atoms with Gasteiger partial charge in [-0.05, 0) is 36.8 Å². The maximum Gasteiger partial charge on any atom is 0.353 e. The fourth-order valence-electron chi connectivity index (χ4n) is 1.59. The standard InChI is InChI=1S/C14H13FN2OS/c1-3-8-19-13-6-7-17(14(18)16-13)11-4-5-12(15)10(2)9-11/h3-7,9H,1,8H2,2H3. The molecular weight excluding hydrogens is 263 g/mol. The normalized spacial score (nSPS) is 10.4. The van der Waals surface area contributed by atoms with E-state index in [0.717, 1.165) is 0 Å². The van der Waals surface area contributed by atoms with E-state index in [-0.39, 0.29) is 11.5 Å². The number of thioether (sulfide) groups is 1.